The maximum absolute atomic E-state index is 14.0. The molecule has 1 aliphatic rings. The normalized spacial score (nSPS) is 16.2. The number of rotatable bonds is 7. The summed E-state index contributed by atoms with van der Waals surface area (Å²) < 4.78 is 5.06. The van der Waals surface area contributed by atoms with Crippen LogP contribution < -0.4 is 0 Å². The highest BCUT2D eigenvalue weighted by atomic mass is 16.5. The maximum Gasteiger partial charge on any atom is 0.342 e. The molecule has 0 radical (unpaired) electrons. The molecular weight excluding hydrogens is 492 g/mol. The predicted molar refractivity (Wildman–Crippen MR) is 149 cm³/mol. The first-order chi connectivity index (χ1) is 18.8. The van der Waals surface area contributed by atoms with Crippen molar-refractivity contribution < 1.29 is 19.1 Å². The van der Waals surface area contributed by atoms with Crippen LogP contribution in [0.25, 0.3) is 11.4 Å². The van der Waals surface area contributed by atoms with Crippen LogP contribution in [0.5, 0.6) is 0 Å². The summed E-state index contributed by atoms with van der Waals surface area (Å²) in [5, 5.41) is 0. The summed E-state index contributed by atoms with van der Waals surface area (Å²) in [6, 6.07) is 19.0. The van der Waals surface area contributed by atoms with Gasteiger partial charge in [-0.3, -0.25) is 9.59 Å². The van der Waals surface area contributed by atoms with Gasteiger partial charge >= 0.3 is 5.97 Å². The monoisotopic (exact) mass is 528 g/mol. The number of ether oxygens (including phenoxy) is 1. The lowest BCUT2D eigenvalue weighted by Crippen LogP contribution is -2.56. The van der Waals surface area contributed by atoms with E-state index in [9.17, 15) is 14.4 Å². The first kappa shape index (κ1) is 28.0. The Morgan fingerprint density at radius 3 is 2.18 bits per heavy atom. The van der Waals surface area contributed by atoms with Crippen molar-refractivity contribution >= 4 is 17.8 Å². The zero-order chi connectivity index (χ0) is 28.1. The van der Waals surface area contributed by atoms with Crippen molar-refractivity contribution in [1.82, 2.24) is 19.8 Å². The molecule has 2 atom stereocenters. The molecule has 1 aromatic heterocycles. The summed E-state index contributed by atoms with van der Waals surface area (Å²) in [6.07, 6.45) is 0.693. The van der Waals surface area contributed by atoms with Gasteiger partial charge in [-0.1, -0.05) is 81.4 Å². The third-order valence-corrected chi connectivity index (χ3v) is 7.21. The Balaban J connectivity index is 1.65. The van der Waals surface area contributed by atoms with Crippen LogP contribution in [0.3, 0.4) is 0 Å². The number of hydrogen-bond donors (Lipinski definition) is 0. The van der Waals surface area contributed by atoms with Crippen molar-refractivity contribution in [2.75, 3.05) is 26.7 Å². The summed E-state index contributed by atoms with van der Waals surface area (Å²) >= 11 is 0. The van der Waals surface area contributed by atoms with Crippen LogP contribution >= 0.6 is 0 Å². The molecule has 2 unspecified atom stereocenters. The number of piperazine rings is 1. The lowest BCUT2D eigenvalue weighted by Gasteiger charge is -2.41. The van der Waals surface area contributed by atoms with E-state index in [1.54, 1.807) is 4.90 Å². The molecule has 3 aromatic rings. The van der Waals surface area contributed by atoms with Crippen LogP contribution in [0.15, 0.2) is 60.7 Å². The lowest BCUT2D eigenvalue weighted by atomic mass is 9.94. The Labute approximate surface area is 230 Å². The third-order valence-electron chi connectivity index (χ3n) is 7.21. The van der Waals surface area contributed by atoms with Gasteiger partial charge in [0.2, 0.25) is 5.91 Å². The molecule has 8 heteroatoms. The van der Waals surface area contributed by atoms with E-state index in [4.69, 9.17) is 4.74 Å². The van der Waals surface area contributed by atoms with Gasteiger partial charge in [0.15, 0.2) is 5.82 Å². The first-order valence-corrected chi connectivity index (χ1v) is 13.5. The van der Waals surface area contributed by atoms with Gasteiger partial charge in [0.1, 0.15) is 11.3 Å². The quantitative estimate of drug-likeness (QED) is 0.404. The molecule has 0 bridgehead atoms. The highest BCUT2D eigenvalue weighted by molar-refractivity contribution is 6.05. The summed E-state index contributed by atoms with van der Waals surface area (Å²) in [5.74, 6) is -0.942. The Kier molecular flexibility index (Phi) is 8.74. The minimum atomic E-state index is -0.642. The number of benzene rings is 2. The Hall–Kier alpha value is -4.07. The largest absolute Gasteiger partial charge is 0.465 e. The second-order valence-corrected chi connectivity index (χ2v) is 10.2. The molecule has 1 saturated heterocycles. The summed E-state index contributed by atoms with van der Waals surface area (Å²) in [7, 11) is 1.29. The SMILES string of the molecule is CCC(C(=O)N1CCN(C(=O)c2nc(-c3ccccc3)nc(C(C)C)c2C(=O)OC)CC1C)c1ccccc1. The summed E-state index contributed by atoms with van der Waals surface area (Å²) in [6.45, 7) is 8.87. The average molecular weight is 529 g/mol. The van der Waals surface area contributed by atoms with Gasteiger partial charge in [-0.05, 0) is 24.8 Å². The van der Waals surface area contributed by atoms with Gasteiger partial charge in [-0.25, -0.2) is 14.8 Å². The number of carbonyl (C=O) groups is 3. The van der Waals surface area contributed by atoms with Gasteiger partial charge in [-0.2, -0.15) is 0 Å². The molecule has 2 amide bonds. The smallest absolute Gasteiger partial charge is 0.342 e. The Morgan fingerprint density at radius 2 is 1.62 bits per heavy atom. The van der Waals surface area contributed by atoms with Gasteiger partial charge in [0, 0.05) is 31.2 Å². The molecule has 2 aromatic carbocycles. The fourth-order valence-corrected chi connectivity index (χ4v) is 5.13. The molecule has 0 aliphatic carbocycles. The van der Waals surface area contributed by atoms with Crippen LogP contribution in [0.4, 0.5) is 0 Å². The molecule has 39 heavy (non-hydrogen) atoms. The number of carbonyl (C=O) groups excluding carboxylic acids is 3. The van der Waals surface area contributed by atoms with E-state index in [1.165, 1.54) is 7.11 Å². The molecule has 1 fully saturated rings. The van der Waals surface area contributed by atoms with Crippen LogP contribution in [0.1, 0.15) is 78.1 Å². The molecule has 2 heterocycles. The molecule has 8 nitrogen and oxygen atoms in total. The molecule has 4 rings (SSSR count). The maximum atomic E-state index is 14.0. The minimum Gasteiger partial charge on any atom is -0.465 e. The standard InChI is InChI=1S/C31H36N4O4/c1-6-24(22-13-9-7-10-14-22)29(36)35-18-17-34(19-21(35)4)30(37)27-25(31(38)39-5)26(20(2)3)32-28(33-27)23-15-11-8-12-16-23/h7-16,20-21,24H,6,17-19H2,1-5H3. The van der Waals surface area contributed by atoms with Gasteiger partial charge in [-0.15, -0.1) is 0 Å². The van der Waals surface area contributed by atoms with Crippen molar-refractivity contribution in [3.63, 3.8) is 0 Å². The van der Waals surface area contributed by atoms with Crippen LogP contribution in [-0.4, -0.2) is 70.3 Å². The molecular formula is C31H36N4O4. The molecule has 0 saturated carbocycles. The highest BCUT2D eigenvalue weighted by Gasteiger charge is 2.36. The van der Waals surface area contributed by atoms with Crippen LogP contribution in [0, 0.1) is 0 Å². The molecule has 204 valence electrons. The Morgan fingerprint density at radius 1 is 0.974 bits per heavy atom. The van der Waals surface area contributed by atoms with Crippen molar-refractivity contribution in [3.8, 4) is 11.4 Å². The summed E-state index contributed by atoms with van der Waals surface area (Å²) in [5.41, 5.74) is 2.34. The average Bonchev–Trinajstić information content (AvgIpc) is 2.96. The summed E-state index contributed by atoms with van der Waals surface area (Å²) in [4.78, 5) is 53.2. The second kappa shape index (κ2) is 12.2. The third kappa shape index (κ3) is 5.85. The van der Waals surface area contributed by atoms with Gasteiger partial charge in [0.25, 0.3) is 5.91 Å². The van der Waals surface area contributed by atoms with E-state index in [0.29, 0.717) is 37.6 Å². The molecule has 1 aliphatic heterocycles. The number of nitrogens with zero attached hydrogens (tertiary/aromatic N) is 4. The Bertz CT molecular complexity index is 1330. The number of methoxy groups -OCH3 is 1. The molecule has 0 N–H and O–H groups in total. The van der Waals surface area contributed by atoms with E-state index >= 15 is 0 Å². The number of hydrogen-bond acceptors (Lipinski definition) is 6. The fourth-order valence-electron chi connectivity index (χ4n) is 5.13. The first-order valence-electron chi connectivity index (χ1n) is 13.5. The van der Waals surface area contributed by atoms with Crippen LogP contribution in [-0.2, 0) is 9.53 Å². The van der Waals surface area contributed by atoms with Crippen LogP contribution in [0.2, 0.25) is 0 Å². The van der Waals surface area contributed by atoms with Crippen molar-refractivity contribution in [1.29, 1.82) is 0 Å². The minimum absolute atomic E-state index is 0.0297. The van der Waals surface area contributed by atoms with E-state index < -0.39 is 5.97 Å². The zero-order valence-corrected chi connectivity index (χ0v) is 23.3. The predicted octanol–water partition coefficient (Wildman–Crippen LogP) is 4.92. The molecule has 0 spiro atoms. The lowest BCUT2D eigenvalue weighted by molar-refractivity contribution is -0.137. The number of amides is 2. The fraction of sp³-hybridized carbons (Fsp3) is 0.387. The van der Waals surface area contributed by atoms with Gasteiger partial charge < -0.3 is 14.5 Å². The topological polar surface area (TPSA) is 92.7 Å². The zero-order valence-electron chi connectivity index (χ0n) is 23.3. The van der Waals surface area contributed by atoms with Gasteiger partial charge in [0.05, 0.1) is 18.7 Å². The highest BCUT2D eigenvalue weighted by Crippen LogP contribution is 2.28. The van der Waals surface area contributed by atoms with E-state index in [0.717, 1.165) is 11.1 Å². The second-order valence-electron chi connectivity index (χ2n) is 10.2. The number of aromatic nitrogens is 2. The van der Waals surface area contributed by atoms with E-state index in [2.05, 4.69) is 9.97 Å². The van der Waals surface area contributed by atoms with E-state index in [-0.39, 0.29) is 40.9 Å². The van der Waals surface area contributed by atoms with Crippen molar-refractivity contribution in [2.45, 2.75) is 52.0 Å². The van der Waals surface area contributed by atoms with Crippen molar-refractivity contribution in [3.05, 3.63) is 83.2 Å². The van der Waals surface area contributed by atoms with Crippen molar-refractivity contribution in [2.24, 2.45) is 0 Å². The number of esters is 1. The van der Waals surface area contributed by atoms with E-state index in [1.807, 2.05) is 93.3 Å².